The van der Waals surface area contributed by atoms with Crippen molar-refractivity contribution in [3.63, 3.8) is 0 Å². The van der Waals surface area contributed by atoms with Gasteiger partial charge in [0.25, 0.3) is 0 Å². The second-order valence-electron chi connectivity index (χ2n) is 5.01. The molecule has 0 fully saturated rings. The zero-order valence-electron chi connectivity index (χ0n) is 13.7. The van der Waals surface area contributed by atoms with Crippen LogP contribution in [0.1, 0.15) is 11.1 Å². The van der Waals surface area contributed by atoms with E-state index < -0.39 is 5.97 Å². The summed E-state index contributed by atoms with van der Waals surface area (Å²) in [6, 6.07) is 13.0. The van der Waals surface area contributed by atoms with Gasteiger partial charge in [0, 0.05) is 11.6 Å². The van der Waals surface area contributed by atoms with Gasteiger partial charge in [-0.1, -0.05) is 30.3 Å². The maximum atomic E-state index is 10.7. The van der Waals surface area contributed by atoms with Gasteiger partial charge in [-0.15, -0.1) is 0 Å². The second kappa shape index (κ2) is 8.62. The summed E-state index contributed by atoms with van der Waals surface area (Å²) in [7, 11) is 1.54. The van der Waals surface area contributed by atoms with Crippen molar-refractivity contribution in [2.45, 2.75) is 6.92 Å². The molecule has 0 unspecified atom stereocenters. The molecule has 2 aromatic rings. The minimum Gasteiger partial charge on any atom is -0.493 e. The molecule has 0 saturated carbocycles. The molecule has 0 spiro atoms. The number of methoxy groups -OCH3 is 1. The molecule has 2 rings (SSSR count). The van der Waals surface area contributed by atoms with Gasteiger partial charge < -0.3 is 19.3 Å². The third-order valence-corrected chi connectivity index (χ3v) is 3.32. The van der Waals surface area contributed by atoms with Crippen molar-refractivity contribution in [2.75, 3.05) is 20.3 Å². The quantitative estimate of drug-likeness (QED) is 0.593. The van der Waals surface area contributed by atoms with E-state index in [1.165, 1.54) is 13.2 Å². The number of hydrogen-bond donors (Lipinski definition) is 1. The van der Waals surface area contributed by atoms with Crippen molar-refractivity contribution >= 4 is 12.0 Å². The van der Waals surface area contributed by atoms with Crippen LogP contribution in [0, 0.1) is 6.92 Å². The number of benzene rings is 2. The largest absolute Gasteiger partial charge is 0.493 e. The molecule has 0 aliphatic heterocycles. The second-order valence-corrected chi connectivity index (χ2v) is 5.01. The highest BCUT2D eigenvalue weighted by Crippen LogP contribution is 2.32. The number of carboxylic acid groups (broad SMARTS) is 1. The molecule has 0 saturated heterocycles. The Hall–Kier alpha value is -2.95. The van der Waals surface area contributed by atoms with Crippen LogP contribution in [0.4, 0.5) is 0 Å². The molecular formula is C19H20O5. The summed E-state index contributed by atoms with van der Waals surface area (Å²) in [4.78, 5) is 10.7. The zero-order valence-corrected chi connectivity index (χ0v) is 13.7. The average Bonchev–Trinajstić information content (AvgIpc) is 2.58. The van der Waals surface area contributed by atoms with Crippen LogP contribution in [-0.2, 0) is 4.79 Å². The number of hydrogen-bond acceptors (Lipinski definition) is 4. The van der Waals surface area contributed by atoms with Gasteiger partial charge in [-0.2, -0.15) is 0 Å². The molecule has 0 aliphatic rings. The predicted octanol–water partition coefficient (Wildman–Crippen LogP) is 3.56. The van der Waals surface area contributed by atoms with Gasteiger partial charge in [0.05, 0.1) is 7.11 Å². The number of carbonyl (C=O) groups is 1. The Morgan fingerprint density at radius 2 is 1.75 bits per heavy atom. The molecule has 1 N–H and O–H groups in total. The fourth-order valence-corrected chi connectivity index (χ4v) is 2.15. The Kier molecular flexibility index (Phi) is 6.25. The molecule has 0 aromatic heterocycles. The van der Waals surface area contributed by atoms with Crippen molar-refractivity contribution in [3.05, 3.63) is 59.7 Å². The Morgan fingerprint density at radius 1 is 1.04 bits per heavy atom. The Balaban J connectivity index is 2.03. The van der Waals surface area contributed by atoms with Crippen LogP contribution >= 0.6 is 0 Å². The Morgan fingerprint density at radius 3 is 2.46 bits per heavy atom. The van der Waals surface area contributed by atoms with Gasteiger partial charge in [0.1, 0.15) is 19.0 Å². The monoisotopic (exact) mass is 328 g/mol. The summed E-state index contributed by atoms with van der Waals surface area (Å²) in [5.41, 5.74) is 1.69. The molecule has 126 valence electrons. The zero-order chi connectivity index (χ0) is 17.4. The fraction of sp³-hybridized carbons (Fsp3) is 0.211. The highest BCUT2D eigenvalue weighted by atomic mass is 16.5. The Labute approximate surface area is 141 Å². The van der Waals surface area contributed by atoms with Crippen LogP contribution in [-0.4, -0.2) is 31.4 Å². The number of carboxylic acids is 1. The van der Waals surface area contributed by atoms with Gasteiger partial charge in [-0.3, -0.25) is 0 Å². The molecule has 0 amide bonds. The summed E-state index contributed by atoms with van der Waals surface area (Å²) in [6.45, 7) is 2.65. The van der Waals surface area contributed by atoms with Crippen molar-refractivity contribution in [1.82, 2.24) is 0 Å². The molecule has 2 aromatic carbocycles. The van der Waals surface area contributed by atoms with Crippen LogP contribution in [0.3, 0.4) is 0 Å². The summed E-state index contributed by atoms with van der Waals surface area (Å²) < 4.78 is 16.7. The number of rotatable bonds is 8. The molecule has 0 radical (unpaired) electrons. The highest BCUT2D eigenvalue weighted by molar-refractivity contribution is 5.86. The smallest absolute Gasteiger partial charge is 0.328 e. The first kappa shape index (κ1) is 17.4. The first-order valence-electron chi connectivity index (χ1n) is 7.51. The van der Waals surface area contributed by atoms with Gasteiger partial charge in [-0.05, 0) is 30.7 Å². The van der Waals surface area contributed by atoms with Crippen LogP contribution in [0.2, 0.25) is 0 Å². The summed E-state index contributed by atoms with van der Waals surface area (Å²) in [5, 5.41) is 8.78. The number of ether oxygens (including phenoxy) is 3. The van der Waals surface area contributed by atoms with Gasteiger partial charge >= 0.3 is 5.97 Å². The van der Waals surface area contributed by atoms with E-state index in [0.717, 1.165) is 17.4 Å². The minimum absolute atomic E-state index is 0.308. The molecular weight excluding hydrogens is 308 g/mol. The molecule has 5 heteroatoms. The van der Waals surface area contributed by atoms with Gasteiger partial charge in [0.2, 0.25) is 0 Å². The van der Waals surface area contributed by atoms with E-state index in [1.807, 2.05) is 31.2 Å². The number of para-hydroxylation sites is 2. The average molecular weight is 328 g/mol. The summed E-state index contributed by atoms with van der Waals surface area (Å²) >= 11 is 0. The molecule has 0 atom stereocenters. The van der Waals surface area contributed by atoms with E-state index in [2.05, 4.69) is 0 Å². The van der Waals surface area contributed by atoms with E-state index in [4.69, 9.17) is 19.3 Å². The number of aliphatic carboxylic acids is 1. The summed E-state index contributed by atoms with van der Waals surface area (Å²) in [6.07, 6.45) is 2.54. The predicted molar refractivity (Wildman–Crippen MR) is 91.8 cm³/mol. The normalized spacial score (nSPS) is 10.6. The van der Waals surface area contributed by atoms with Gasteiger partial charge in [0.15, 0.2) is 11.5 Å². The topological polar surface area (TPSA) is 65.0 Å². The lowest BCUT2D eigenvalue weighted by Gasteiger charge is -2.14. The van der Waals surface area contributed by atoms with E-state index in [0.29, 0.717) is 30.3 Å². The third-order valence-electron chi connectivity index (χ3n) is 3.32. The van der Waals surface area contributed by atoms with E-state index in [1.54, 1.807) is 18.2 Å². The van der Waals surface area contributed by atoms with Crippen molar-refractivity contribution in [1.29, 1.82) is 0 Å². The molecule has 5 nitrogen and oxygen atoms in total. The first-order chi connectivity index (χ1) is 11.6. The maximum Gasteiger partial charge on any atom is 0.328 e. The van der Waals surface area contributed by atoms with Crippen molar-refractivity contribution in [3.8, 4) is 17.2 Å². The lowest BCUT2D eigenvalue weighted by molar-refractivity contribution is -0.131. The van der Waals surface area contributed by atoms with Gasteiger partial charge in [-0.25, -0.2) is 4.79 Å². The maximum absolute atomic E-state index is 10.7. The molecule has 0 aliphatic carbocycles. The summed E-state index contributed by atoms with van der Waals surface area (Å²) in [5.74, 6) is 0.822. The van der Waals surface area contributed by atoms with Crippen molar-refractivity contribution < 1.29 is 24.1 Å². The van der Waals surface area contributed by atoms with Crippen LogP contribution in [0.5, 0.6) is 17.2 Å². The Bertz CT molecular complexity index is 721. The highest BCUT2D eigenvalue weighted by Gasteiger charge is 2.09. The van der Waals surface area contributed by atoms with E-state index in [9.17, 15) is 4.79 Å². The SMILES string of the molecule is COc1cccc(C=CC(=O)O)c1OCCOc1ccccc1C. The van der Waals surface area contributed by atoms with Crippen LogP contribution in [0.15, 0.2) is 48.5 Å². The van der Waals surface area contributed by atoms with Crippen LogP contribution < -0.4 is 14.2 Å². The van der Waals surface area contributed by atoms with Crippen LogP contribution in [0.25, 0.3) is 6.08 Å². The van der Waals surface area contributed by atoms with E-state index in [-0.39, 0.29) is 0 Å². The lowest BCUT2D eigenvalue weighted by Crippen LogP contribution is -2.10. The third kappa shape index (κ3) is 4.78. The molecule has 24 heavy (non-hydrogen) atoms. The fourth-order valence-electron chi connectivity index (χ4n) is 2.15. The van der Waals surface area contributed by atoms with E-state index >= 15 is 0 Å². The number of aryl methyl sites for hydroxylation is 1. The minimum atomic E-state index is -1.02. The molecule has 0 heterocycles. The lowest BCUT2D eigenvalue weighted by atomic mass is 10.1. The standard InChI is InChI=1S/C19H20O5/c1-14-6-3-4-8-16(14)23-12-13-24-19-15(10-11-18(20)21)7-5-9-17(19)22-2/h3-11H,12-13H2,1-2H3,(H,20,21). The van der Waals surface area contributed by atoms with Crippen molar-refractivity contribution in [2.24, 2.45) is 0 Å². The molecule has 0 bridgehead atoms. The first-order valence-corrected chi connectivity index (χ1v) is 7.51.